The fourth-order valence-electron chi connectivity index (χ4n) is 2.36. The summed E-state index contributed by atoms with van der Waals surface area (Å²) >= 11 is 1.37. The molecule has 0 saturated heterocycles. The number of fused-ring (bicyclic) bond motifs is 1. The number of carbonyl (C=O) groups is 2. The van der Waals surface area contributed by atoms with E-state index in [1.54, 1.807) is 14.1 Å². The molecule has 0 radical (unpaired) electrons. The largest absolute Gasteiger partial charge is 0.349 e. The van der Waals surface area contributed by atoms with Gasteiger partial charge in [0.25, 0.3) is 5.91 Å². The smallest absolute Gasteiger partial charge is 0.280 e. The van der Waals surface area contributed by atoms with Crippen molar-refractivity contribution in [1.82, 2.24) is 20.1 Å². The summed E-state index contributed by atoms with van der Waals surface area (Å²) in [6.07, 6.45) is 0.905. The molecule has 130 valence electrons. The van der Waals surface area contributed by atoms with E-state index in [4.69, 9.17) is 5.53 Å². The Morgan fingerprint density at radius 2 is 2.29 bits per heavy atom. The van der Waals surface area contributed by atoms with Crippen LogP contribution < -0.4 is 5.32 Å². The summed E-state index contributed by atoms with van der Waals surface area (Å²) in [7, 11) is 5.31. The molecule has 1 aliphatic heterocycles. The van der Waals surface area contributed by atoms with Gasteiger partial charge < -0.3 is 15.1 Å². The molecule has 10 heteroatoms. The lowest BCUT2D eigenvalue weighted by Gasteiger charge is -2.20. The monoisotopic (exact) mass is 351 g/mol. The molecule has 0 aromatic carbocycles. The fraction of sp³-hybridized carbons (Fsp3) is 0.643. The third-order valence-electron chi connectivity index (χ3n) is 3.74. The molecule has 1 atom stereocenters. The van der Waals surface area contributed by atoms with Crippen LogP contribution in [-0.4, -0.2) is 66.9 Å². The van der Waals surface area contributed by atoms with Crippen molar-refractivity contribution in [3.8, 4) is 0 Å². The molecule has 1 aromatic heterocycles. The van der Waals surface area contributed by atoms with E-state index in [1.807, 2.05) is 7.05 Å². The maximum Gasteiger partial charge on any atom is 0.280 e. The predicted octanol–water partition coefficient (Wildman–Crippen LogP) is 1.02. The molecule has 1 aliphatic rings. The summed E-state index contributed by atoms with van der Waals surface area (Å²) < 4.78 is 0. The molecule has 1 aromatic rings. The molecule has 0 bridgehead atoms. The number of azide groups is 1. The van der Waals surface area contributed by atoms with Crippen molar-refractivity contribution < 1.29 is 9.59 Å². The first-order valence-corrected chi connectivity index (χ1v) is 8.41. The minimum Gasteiger partial charge on any atom is -0.349 e. The standard InChI is InChI=1S/C14H21N7O2S/c1-20(2)12(22)6-9(7-16-19-15)17-13(23)14-18-10-4-5-21(3)8-11(10)24-14/h9H,4-8H2,1-3H3,(H,17,23). The highest BCUT2D eigenvalue weighted by atomic mass is 32.1. The van der Waals surface area contributed by atoms with Gasteiger partial charge in [0, 0.05) is 62.4 Å². The SMILES string of the molecule is CN1CCc2nc(C(=O)NC(CN=[N+]=[N-])CC(=O)N(C)C)sc2C1. The third-order valence-corrected chi connectivity index (χ3v) is 4.82. The number of nitrogens with zero attached hydrogens (tertiary/aromatic N) is 6. The first-order valence-electron chi connectivity index (χ1n) is 7.59. The summed E-state index contributed by atoms with van der Waals surface area (Å²) in [6, 6.07) is -0.549. The number of likely N-dealkylation sites (N-methyl/N-ethyl adjacent to an activating group) is 1. The fourth-order valence-corrected chi connectivity index (χ4v) is 3.45. The van der Waals surface area contributed by atoms with Crippen LogP contribution in [0.2, 0.25) is 0 Å². The maximum atomic E-state index is 12.4. The molecule has 1 N–H and O–H groups in total. The van der Waals surface area contributed by atoms with Gasteiger partial charge in [-0.25, -0.2) is 4.98 Å². The predicted molar refractivity (Wildman–Crippen MR) is 90.7 cm³/mol. The van der Waals surface area contributed by atoms with Crippen molar-refractivity contribution in [3.05, 3.63) is 26.0 Å². The highest BCUT2D eigenvalue weighted by Gasteiger charge is 2.23. The van der Waals surface area contributed by atoms with Crippen molar-refractivity contribution in [2.24, 2.45) is 5.11 Å². The molecule has 1 unspecified atom stereocenters. The molecule has 24 heavy (non-hydrogen) atoms. The third kappa shape index (κ3) is 4.67. The number of carbonyl (C=O) groups excluding carboxylic acids is 2. The van der Waals surface area contributed by atoms with Crippen LogP contribution in [0.1, 0.15) is 26.8 Å². The summed E-state index contributed by atoms with van der Waals surface area (Å²) in [6.45, 7) is 1.74. The number of thiazole rings is 1. The van der Waals surface area contributed by atoms with Crippen molar-refractivity contribution in [3.63, 3.8) is 0 Å². The van der Waals surface area contributed by atoms with Crippen molar-refractivity contribution in [1.29, 1.82) is 0 Å². The van der Waals surface area contributed by atoms with E-state index >= 15 is 0 Å². The topological polar surface area (TPSA) is 114 Å². The highest BCUT2D eigenvalue weighted by molar-refractivity contribution is 7.13. The van der Waals surface area contributed by atoms with Crippen molar-refractivity contribution in [2.45, 2.75) is 25.4 Å². The molecule has 2 amide bonds. The van der Waals surface area contributed by atoms with Gasteiger partial charge >= 0.3 is 0 Å². The van der Waals surface area contributed by atoms with Crippen LogP contribution in [0, 0.1) is 0 Å². The molecule has 9 nitrogen and oxygen atoms in total. The lowest BCUT2D eigenvalue weighted by atomic mass is 10.2. The van der Waals surface area contributed by atoms with Gasteiger partial charge in [-0.2, -0.15) is 0 Å². The Morgan fingerprint density at radius 3 is 2.96 bits per heavy atom. The Hall–Kier alpha value is -2.16. The molecule has 2 rings (SSSR count). The number of amides is 2. The Morgan fingerprint density at radius 1 is 1.54 bits per heavy atom. The Labute approximate surface area is 144 Å². The van der Waals surface area contributed by atoms with Crippen molar-refractivity contribution in [2.75, 3.05) is 34.2 Å². The zero-order chi connectivity index (χ0) is 17.7. The minimum atomic E-state index is -0.549. The van der Waals surface area contributed by atoms with Gasteiger partial charge in [0.05, 0.1) is 5.69 Å². The van der Waals surface area contributed by atoms with Gasteiger partial charge in [0.1, 0.15) is 0 Å². The molecule has 0 aliphatic carbocycles. The summed E-state index contributed by atoms with van der Waals surface area (Å²) in [5, 5.41) is 6.62. The van der Waals surface area contributed by atoms with E-state index in [1.165, 1.54) is 16.2 Å². The molecule has 0 fully saturated rings. The highest BCUT2D eigenvalue weighted by Crippen LogP contribution is 2.24. The average Bonchev–Trinajstić information content (AvgIpc) is 2.95. The lowest BCUT2D eigenvalue weighted by molar-refractivity contribution is -0.129. The normalized spacial score (nSPS) is 15.1. The van der Waals surface area contributed by atoms with E-state index in [0.29, 0.717) is 5.01 Å². The number of nitrogens with one attached hydrogen (secondary N) is 1. The summed E-state index contributed by atoms with van der Waals surface area (Å²) in [4.78, 5) is 36.1. The van der Waals surface area contributed by atoms with Gasteiger partial charge in [-0.3, -0.25) is 9.59 Å². The summed E-state index contributed by atoms with van der Waals surface area (Å²) in [5.41, 5.74) is 9.45. The number of aromatic nitrogens is 1. The second-order valence-electron chi connectivity index (χ2n) is 5.95. The summed E-state index contributed by atoms with van der Waals surface area (Å²) in [5.74, 6) is -0.477. The van der Waals surface area contributed by atoms with E-state index in [-0.39, 0.29) is 24.8 Å². The second-order valence-corrected chi connectivity index (χ2v) is 7.04. The van der Waals surface area contributed by atoms with Gasteiger partial charge in [-0.15, -0.1) is 11.3 Å². The number of hydrogen-bond donors (Lipinski definition) is 1. The zero-order valence-corrected chi connectivity index (χ0v) is 14.8. The average molecular weight is 351 g/mol. The Balaban J connectivity index is 2.06. The first-order chi connectivity index (χ1) is 11.4. The van der Waals surface area contributed by atoms with E-state index in [2.05, 4.69) is 25.2 Å². The van der Waals surface area contributed by atoms with E-state index < -0.39 is 6.04 Å². The van der Waals surface area contributed by atoms with Crippen LogP contribution >= 0.6 is 11.3 Å². The van der Waals surface area contributed by atoms with Gasteiger partial charge in [0.2, 0.25) is 5.91 Å². The van der Waals surface area contributed by atoms with Crippen LogP contribution in [0.5, 0.6) is 0 Å². The maximum absolute atomic E-state index is 12.4. The van der Waals surface area contributed by atoms with Gasteiger partial charge in [-0.1, -0.05) is 5.11 Å². The molecular weight excluding hydrogens is 330 g/mol. The quantitative estimate of drug-likeness (QED) is 0.468. The molecule has 0 saturated carbocycles. The Kier molecular flexibility index (Phi) is 6.13. The van der Waals surface area contributed by atoms with Crippen LogP contribution in [0.4, 0.5) is 0 Å². The second kappa shape index (κ2) is 8.09. The molecular formula is C14H21N7O2S. The lowest BCUT2D eigenvalue weighted by Crippen LogP contribution is -2.40. The van der Waals surface area contributed by atoms with Crippen LogP contribution in [0.25, 0.3) is 10.4 Å². The van der Waals surface area contributed by atoms with Gasteiger partial charge in [0.15, 0.2) is 5.01 Å². The van der Waals surface area contributed by atoms with Gasteiger partial charge in [-0.05, 0) is 12.6 Å². The number of rotatable bonds is 6. The van der Waals surface area contributed by atoms with Crippen LogP contribution in [0.15, 0.2) is 5.11 Å². The number of hydrogen-bond acceptors (Lipinski definition) is 6. The minimum absolute atomic E-state index is 0.0235. The molecule has 0 spiro atoms. The van der Waals surface area contributed by atoms with E-state index in [0.717, 1.165) is 30.1 Å². The Bertz CT molecular complexity index is 666. The molecule has 2 heterocycles. The zero-order valence-electron chi connectivity index (χ0n) is 14.0. The van der Waals surface area contributed by atoms with Crippen LogP contribution in [0.3, 0.4) is 0 Å². The van der Waals surface area contributed by atoms with Crippen molar-refractivity contribution >= 4 is 23.2 Å². The van der Waals surface area contributed by atoms with Crippen LogP contribution in [-0.2, 0) is 17.8 Å². The van der Waals surface area contributed by atoms with E-state index in [9.17, 15) is 9.59 Å². The first kappa shape index (κ1) is 18.2.